The van der Waals surface area contributed by atoms with E-state index >= 15 is 0 Å². The van der Waals surface area contributed by atoms with E-state index in [-0.39, 0.29) is 42.8 Å². The number of carbonyl (C=O) groups excluding carboxylic acids is 5. The van der Waals surface area contributed by atoms with E-state index in [0.29, 0.717) is 17.7 Å². The molecule has 6 N–H and O–H groups in total. The van der Waals surface area contributed by atoms with E-state index in [0.717, 1.165) is 32.1 Å². The van der Waals surface area contributed by atoms with Gasteiger partial charge in [0.15, 0.2) is 34.7 Å². The number of hydrogen-bond acceptors (Lipinski definition) is 10. The minimum absolute atomic E-state index is 0.0362. The zero-order valence-electron chi connectivity index (χ0n) is 24.2. The van der Waals surface area contributed by atoms with E-state index in [1.54, 1.807) is 25.1 Å². The Kier molecular flexibility index (Phi) is 9.22. The molecule has 1 aromatic carbocycles. The number of hydrogen-bond donors (Lipinski definition) is 5. The Labute approximate surface area is 245 Å². The van der Waals surface area contributed by atoms with Crippen molar-refractivity contribution in [1.29, 1.82) is 0 Å². The van der Waals surface area contributed by atoms with Gasteiger partial charge >= 0.3 is 0 Å². The monoisotopic (exact) mass is 583 g/mol. The number of allylic oxidation sites excluding steroid dienone is 1. The lowest BCUT2D eigenvalue weighted by atomic mass is 9.53. The molecule has 0 radical (unpaired) electrons. The first-order valence-electron chi connectivity index (χ1n) is 14.6. The highest BCUT2D eigenvalue weighted by molar-refractivity contribution is 6.31. The van der Waals surface area contributed by atoms with Crippen molar-refractivity contribution < 1.29 is 39.3 Å². The Balaban J connectivity index is 1.60. The molecule has 11 heteroatoms. The molecule has 2 fully saturated rings. The Morgan fingerprint density at radius 1 is 1.17 bits per heavy atom. The van der Waals surface area contributed by atoms with Crippen molar-refractivity contribution in [3.8, 4) is 5.75 Å². The number of phenolic OH excluding ortho intramolecular Hbond substituents is 1. The van der Waals surface area contributed by atoms with Crippen LogP contribution in [0.25, 0.3) is 0 Å². The van der Waals surface area contributed by atoms with Crippen molar-refractivity contribution in [3.05, 3.63) is 29.8 Å². The van der Waals surface area contributed by atoms with Crippen molar-refractivity contribution in [2.75, 3.05) is 30.9 Å². The minimum Gasteiger partial charge on any atom is -0.505 e. The third-order valence-electron chi connectivity index (χ3n) is 9.08. The third-order valence-corrected chi connectivity index (χ3v) is 9.08. The lowest BCUT2D eigenvalue weighted by molar-refractivity contribution is -0.175. The number of Topliss-reactive ketones (excluding diaryl/α,β-unsaturated/α-hetero) is 4. The molecule has 0 aromatic heterocycles. The summed E-state index contributed by atoms with van der Waals surface area (Å²) in [7, 11) is 3.56. The van der Waals surface area contributed by atoms with E-state index in [1.165, 1.54) is 0 Å². The van der Waals surface area contributed by atoms with Crippen LogP contribution in [0.4, 0.5) is 11.4 Å². The van der Waals surface area contributed by atoms with Gasteiger partial charge in [0, 0.05) is 38.7 Å². The van der Waals surface area contributed by atoms with Gasteiger partial charge in [0.2, 0.25) is 5.91 Å². The molecule has 228 valence electrons. The van der Waals surface area contributed by atoms with Gasteiger partial charge in [0.05, 0.1) is 23.3 Å². The van der Waals surface area contributed by atoms with E-state index in [4.69, 9.17) is 5.73 Å². The van der Waals surface area contributed by atoms with E-state index in [2.05, 4.69) is 11.9 Å². The van der Waals surface area contributed by atoms with Gasteiger partial charge in [0.25, 0.3) is 0 Å². The number of amides is 1. The second kappa shape index (κ2) is 12.3. The molecule has 0 spiro atoms. The van der Waals surface area contributed by atoms with Crippen LogP contribution in [-0.4, -0.2) is 76.7 Å². The summed E-state index contributed by atoms with van der Waals surface area (Å²) in [4.78, 5) is 67.0. The maximum atomic E-state index is 13.9. The molecular formula is C31H41N3O8. The van der Waals surface area contributed by atoms with Gasteiger partial charge in [-0.3, -0.25) is 24.0 Å². The van der Waals surface area contributed by atoms with Crippen LogP contribution in [0.1, 0.15) is 67.3 Å². The molecule has 0 heterocycles. The SMILES string of the molecule is C=CCCCCCCC(O)CNc1cc(N(C)C)c2c(c1O)C(=O)C1C(=O)[C@]3(O)C(=O)C(C(N)=O)C(=O)C[C@@H]3C[C@@H]1C2. The van der Waals surface area contributed by atoms with Gasteiger partial charge in [-0.1, -0.05) is 25.3 Å². The van der Waals surface area contributed by atoms with Crippen molar-refractivity contribution in [1.82, 2.24) is 0 Å². The summed E-state index contributed by atoms with van der Waals surface area (Å²) in [6, 6.07) is 1.69. The number of fused-ring (bicyclic) bond motifs is 3. The lowest BCUT2D eigenvalue weighted by Gasteiger charge is -2.48. The molecule has 42 heavy (non-hydrogen) atoms. The number of primary amides is 1. The van der Waals surface area contributed by atoms with Crippen LogP contribution in [0.3, 0.4) is 0 Å². The molecule has 0 aliphatic heterocycles. The fourth-order valence-corrected chi connectivity index (χ4v) is 6.90. The molecule has 4 rings (SSSR count). The summed E-state index contributed by atoms with van der Waals surface area (Å²) in [5.74, 6) is -10.5. The van der Waals surface area contributed by atoms with Gasteiger partial charge in [-0.15, -0.1) is 6.58 Å². The third kappa shape index (κ3) is 5.47. The van der Waals surface area contributed by atoms with Crippen molar-refractivity contribution in [2.24, 2.45) is 29.4 Å². The van der Waals surface area contributed by atoms with E-state index in [9.17, 15) is 39.3 Å². The maximum Gasteiger partial charge on any atom is 0.235 e. The van der Waals surface area contributed by atoms with Gasteiger partial charge in [0.1, 0.15) is 5.75 Å². The molecule has 3 unspecified atom stereocenters. The average Bonchev–Trinajstić information content (AvgIpc) is 2.91. The number of aromatic hydroxyl groups is 1. The molecule has 1 amide bonds. The maximum absolute atomic E-state index is 13.9. The van der Waals surface area contributed by atoms with E-state index in [1.807, 2.05) is 6.08 Å². The predicted molar refractivity (Wildman–Crippen MR) is 155 cm³/mol. The Hall–Kier alpha value is -3.57. The van der Waals surface area contributed by atoms with Gasteiger partial charge in [-0.25, -0.2) is 0 Å². The smallest absolute Gasteiger partial charge is 0.235 e. The molecule has 3 aliphatic carbocycles. The highest BCUT2D eigenvalue weighted by atomic mass is 16.3. The number of phenols is 1. The zero-order chi connectivity index (χ0) is 30.9. The number of carbonyl (C=O) groups is 5. The molecule has 2 saturated carbocycles. The quantitative estimate of drug-likeness (QED) is 0.105. The number of benzene rings is 1. The van der Waals surface area contributed by atoms with Crippen LogP contribution < -0.4 is 16.0 Å². The zero-order valence-corrected chi connectivity index (χ0v) is 24.2. The first kappa shape index (κ1) is 31.4. The van der Waals surface area contributed by atoms with Crippen molar-refractivity contribution >= 4 is 40.4 Å². The fraction of sp³-hybridized carbons (Fsp3) is 0.581. The first-order valence-corrected chi connectivity index (χ1v) is 14.6. The highest BCUT2D eigenvalue weighted by Gasteiger charge is 2.66. The summed E-state index contributed by atoms with van der Waals surface area (Å²) < 4.78 is 0. The van der Waals surface area contributed by atoms with Crippen LogP contribution in [-0.2, 0) is 25.6 Å². The van der Waals surface area contributed by atoms with Crippen LogP contribution in [0, 0.1) is 23.7 Å². The molecule has 0 saturated heterocycles. The van der Waals surface area contributed by atoms with Gasteiger partial charge < -0.3 is 31.3 Å². The topological polar surface area (TPSA) is 187 Å². The lowest BCUT2D eigenvalue weighted by Crippen LogP contribution is -2.68. The molecule has 0 bridgehead atoms. The normalized spacial score (nSPS) is 27.5. The molecule has 11 nitrogen and oxygen atoms in total. The largest absolute Gasteiger partial charge is 0.505 e. The predicted octanol–water partition coefficient (Wildman–Crippen LogP) is 1.69. The number of nitrogens with one attached hydrogen (secondary N) is 1. The average molecular weight is 584 g/mol. The summed E-state index contributed by atoms with van der Waals surface area (Å²) in [6.07, 6.45) is 6.51. The summed E-state index contributed by atoms with van der Waals surface area (Å²) in [5, 5.41) is 36.2. The van der Waals surface area contributed by atoms with Crippen LogP contribution in [0.15, 0.2) is 18.7 Å². The Bertz CT molecular complexity index is 1310. The number of nitrogens with two attached hydrogens (primary N) is 1. The van der Waals surface area contributed by atoms with Gasteiger partial charge in [-0.05, 0) is 49.7 Å². The van der Waals surface area contributed by atoms with Crippen molar-refractivity contribution in [2.45, 2.75) is 69.5 Å². The number of anilines is 2. The number of nitrogens with zero attached hydrogens (tertiary/aromatic N) is 1. The second-order valence-corrected chi connectivity index (χ2v) is 12.1. The number of rotatable bonds is 12. The number of aliphatic hydroxyl groups excluding tert-OH is 1. The van der Waals surface area contributed by atoms with Crippen LogP contribution in [0.5, 0.6) is 5.75 Å². The number of unbranched alkanes of at least 4 members (excludes halogenated alkanes) is 4. The Morgan fingerprint density at radius 3 is 2.50 bits per heavy atom. The fourth-order valence-electron chi connectivity index (χ4n) is 6.90. The number of aliphatic hydroxyl groups is 2. The summed E-state index contributed by atoms with van der Waals surface area (Å²) in [6.45, 7) is 3.84. The first-order chi connectivity index (χ1) is 19.8. The van der Waals surface area contributed by atoms with Crippen LogP contribution in [0.2, 0.25) is 0 Å². The summed E-state index contributed by atoms with van der Waals surface area (Å²) in [5.41, 5.74) is 3.84. The van der Waals surface area contributed by atoms with E-state index < -0.39 is 64.4 Å². The summed E-state index contributed by atoms with van der Waals surface area (Å²) >= 11 is 0. The standard InChI is InChI=1S/C31H41N3O8/c1-4-5-6-7-8-9-10-18(35)15-33-20-14-21(34(2)3)19-12-16-11-17-13-22(36)25(30(32)41)29(40)31(17,42)28(39)23(16)27(38)24(19)26(20)37/h4,14,16-18,23,25,33,35,37,42H,1,5-13,15H2,2-3H3,(H2,32,41)/t16-,17+,18?,23?,25?,31+/m1/s1. The second-order valence-electron chi connectivity index (χ2n) is 12.1. The number of ketones is 4. The molecule has 1 aromatic rings. The molecule has 3 aliphatic rings. The Morgan fingerprint density at radius 2 is 1.86 bits per heavy atom. The molecule has 6 atom stereocenters. The molecular weight excluding hydrogens is 542 g/mol. The highest BCUT2D eigenvalue weighted by Crippen LogP contribution is 2.52. The minimum atomic E-state index is -2.69. The van der Waals surface area contributed by atoms with Crippen molar-refractivity contribution in [3.63, 3.8) is 0 Å². The van der Waals surface area contributed by atoms with Crippen LogP contribution >= 0.6 is 0 Å². The van der Waals surface area contributed by atoms with Gasteiger partial charge in [-0.2, -0.15) is 0 Å².